The zero-order chi connectivity index (χ0) is 19.2. The maximum absolute atomic E-state index is 12.9. The molecule has 0 bridgehead atoms. The lowest BCUT2D eigenvalue weighted by molar-refractivity contribution is -0.129. The monoisotopic (exact) mass is 352 g/mol. The molecule has 1 aromatic carbocycles. The highest BCUT2D eigenvalue weighted by Crippen LogP contribution is 2.28. The van der Waals surface area contributed by atoms with Crippen LogP contribution in [0.5, 0.6) is 0 Å². The molecule has 0 unspecified atom stereocenters. The van der Waals surface area contributed by atoms with E-state index in [-0.39, 0.29) is 5.91 Å². The minimum Gasteiger partial charge on any atom is -0.358 e. The molecule has 2 aromatic heterocycles. The summed E-state index contributed by atoms with van der Waals surface area (Å²) in [5, 5.41) is 5.64. The summed E-state index contributed by atoms with van der Waals surface area (Å²) >= 11 is 0. The summed E-state index contributed by atoms with van der Waals surface area (Å²) < 4.78 is 1.87. The van der Waals surface area contributed by atoms with Crippen LogP contribution in [0.15, 0.2) is 12.1 Å². The molecular weight excluding hydrogens is 324 g/mol. The summed E-state index contributed by atoms with van der Waals surface area (Å²) in [6, 6.07) is 4.25. The first-order valence-corrected chi connectivity index (χ1v) is 9.01. The second-order valence-electron chi connectivity index (χ2n) is 7.38. The van der Waals surface area contributed by atoms with Crippen molar-refractivity contribution in [3.63, 3.8) is 0 Å². The third-order valence-electron chi connectivity index (χ3n) is 5.50. The fourth-order valence-corrected chi connectivity index (χ4v) is 3.69. The quantitative estimate of drug-likeness (QED) is 0.779. The highest BCUT2D eigenvalue weighted by molar-refractivity contribution is 5.93. The first-order valence-electron chi connectivity index (χ1n) is 9.01. The summed E-state index contributed by atoms with van der Waals surface area (Å²) in [5.41, 5.74) is 8.97. The fourth-order valence-electron chi connectivity index (χ4n) is 3.69. The molecule has 138 valence electrons. The van der Waals surface area contributed by atoms with Gasteiger partial charge in [-0.3, -0.25) is 9.48 Å². The molecule has 0 aliphatic heterocycles. The number of fused-ring (bicyclic) bond motifs is 1. The Morgan fingerprint density at radius 1 is 1.12 bits per heavy atom. The zero-order valence-electron chi connectivity index (χ0n) is 16.8. The van der Waals surface area contributed by atoms with Crippen molar-refractivity contribution < 1.29 is 4.79 Å². The number of carbonyl (C=O) groups excluding carboxylic acids is 1. The SMILES string of the molecule is Cc1nn(C)c(C)c1CN(C)C(=O)Cc1c(C)[nH]c2c(C)ccc(C)c12. The van der Waals surface area contributed by atoms with Gasteiger partial charge in [-0.05, 0) is 51.3 Å². The van der Waals surface area contributed by atoms with E-state index in [9.17, 15) is 4.79 Å². The Morgan fingerprint density at radius 3 is 2.38 bits per heavy atom. The number of H-pyrrole nitrogens is 1. The molecule has 1 amide bonds. The van der Waals surface area contributed by atoms with Gasteiger partial charge in [0.25, 0.3) is 0 Å². The van der Waals surface area contributed by atoms with Gasteiger partial charge in [-0.2, -0.15) is 5.10 Å². The van der Waals surface area contributed by atoms with Crippen LogP contribution >= 0.6 is 0 Å². The Morgan fingerprint density at radius 2 is 1.77 bits per heavy atom. The van der Waals surface area contributed by atoms with E-state index < -0.39 is 0 Å². The van der Waals surface area contributed by atoms with E-state index in [0.717, 1.165) is 33.7 Å². The molecule has 0 aliphatic rings. The van der Waals surface area contributed by atoms with Gasteiger partial charge in [0.1, 0.15) is 0 Å². The average molecular weight is 352 g/mol. The molecule has 0 saturated carbocycles. The minimum atomic E-state index is 0.123. The fraction of sp³-hybridized carbons (Fsp3) is 0.429. The lowest BCUT2D eigenvalue weighted by atomic mass is 10.0. The van der Waals surface area contributed by atoms with Crippen molar-refractivity contribution in [2.45, 2.75) is 47.6 Å². The highest BCUT2D eigenvalue weighted by atomic mass is 16.2. The van der Waals surface area contributed by atoms with Crippen molar-refractivity contribution >= 4 is 16.8 Å². The maximum atomic E-state index is 12.9. The number of benzene rings is 1. The van der Waals surface area contributed by atoms with Crippen LogP contribution in [0.1, 0.15) is 39.3 Å². The van der Waals surface area contributed by atoms with Crippen LogP contribution in [0.2, 0.25) is 0 Å². The summed E-state index contributed by atoms with van der Waals surface area (Å²) in [6.07, 6.45) is 0.408. The van der Waals surface area contributed by atoms with E-state index >= 15 is 0 Å². The number of hydrogen-bond donors (Lipinski definition) is 1. The lowest BCUT2D eigenvalue weighted by Gasteiger charge is -2.18. The number of aromatic amines is 1. The van der Waals surface area contributed by atoms with Crippen molar-refractivity contribution in [3.8, 4) is 0 Å². The van der Waals surface area contributed by atoms with Gasteiger partial charge < -0.3 is 9.88 Å². The van der Waals surface area contributed by atoms with Gasteiger partial charge in [-0.1, -0.05) is 12.1 Å². The molecule has 0 fully saturated rings. The summed E-state index contributed by atoms with van der Waals surface area (Å²) in [4.78, 5) is 18.2. The predicted molar refractivity (Wildman–Crippen MR) is 105 cm³/mol. The average Bonchev–Trinajstić information content (AvgIpc) is 3.03. The number of rotatable bonds is 4. The summed E-state index contributed by atoms with van der Waals surface area (Å²) in [6.45, 7) is 10.9. The van der Waals surface area contributed by atoms with Crippen molar-refractivity contribution in [2.24, 2.45) is 7.05 Å². The van der Waals surface area contributed by atoms with E-state index in [4.69, 9.17) is 0 Å². The molecule has 1 N–H and O–H groups in total. The number of nitrogens with one attached hydrogen (secondary N) is 1. The van der Waals surface area contributed by atoms with Crippen molar-refractivity contribution in [2.75, 3.05) is 7.05 Å². The van der Waals surface area contributed by atoms with Gasteiger partial charge in [-0.25, -0.2) is 0 Å². The van der Waals surface area contributed by atoms with E-state index in [2.05, 4.69) is 43.0 Å². The number of nitrogens with zero attached hydrogens (tertiary/aromatic N) is 3. The first kappa shape index (κ1) is 18.2. The number of likely N-dealkylation sites (N-methyl/N-ethyl adjacent to an activating group) is 1. The number of aryl methyl sites for hydroxylation is 5. The van der Waals surface area contributed by atoms with Gasteiger partial charge in [0, 0.05) is 48.5 Å². The van der Waals surface area contributed by atoms with Crippen LogP contribution in [-0.2, 0) is 24.8 Å². The molecule has 2 heterocycles. The third kappa shape index (κ3) is 3.02. The predicted octanol–water partition coefficient (Wildman–Crippen LogP) is 3.64. The van der Waals surface area contributed by atoms with Crippen molar-refractivity contribution in [1.82, 2.24) is 19.7 Å². The van der Waals surface area contributed by atoms with Gasteiger partial charge >= 0.3 is 0 Å². The van der Waals surface area contributed by atoms with E-state index in [1.165, 1.54) is 16.5 Å². The Bertz CT molecular complexity index is 994. The van der Waals surface area contributed by atoms with Crippen LogP contribution in [-0.4, -0.2) is 32.6 Å². The third-order valence-corrected chi connectivity index (χ3v) is 5.50. The summed E-state index contributed by atoms with van der Waals surface area (Å²) in [5.74, 6) is 0.123. The van der Waals surface area contributed by atoms with E-state index in [0.29, 0.717) is 13.0 Å². The second-order valence-corrected chi connectivity index (χ2v) is 7.38. The Labute approximate surface area is 155 Å². The smallest absolute Gasteiger partial charge is 0.227 e. The first-order chi connectivity index (χ1) is 12.2. The Balaban J connectivity index is 1.87. The molecule has 0 atom stereocenters. The molecule has 5 nitrogen and oxygen atoms in total. The molecule has 0 aliphatic carbocycles. The second kappa shape index (κ2) is 6.63. The standard InChI is InChI=1S/C21H28N4O/c1-12-8-9-13(2)21-20(12)17(14(3)22-21)10-19(26)24(6)11-18-15(4)23-25(7)16(18)5/h8-9,22H,10-11H2,1-7H3. The lowest BCUT2D eigenvalue weighted by Crippen LogP contribution is -2.28. The van der Waals surface area contributed by atoms with Crippen LogP contribution in [0, 0.1) is 34.6 Å². The zero-order valence-corrected chi connectivity index (χ0v) is 16.8. The maximum Gasteiger partial charge on any atom is 0.227 e. The van der Waals surface area contributed by atoms with Crippen LogP contribution < -0.4 is 0 Å². The van der Waals surface area contributed by atoms with Gasteiger partial charge in [0.15, 0.2) is 0 Å². The molecular formula is C21H28N4O. The number of aromatic nitrogens is 3. The van der Waals surface area contributed by atoms with Gasteiger partial charge in [-0.15, -0.1) is 0 Å². The van der Waals surface area contributed by atoms with Crippen molar-refractivity contribution in [1.29, 1.82) is 0 Å². The van der Waals surface area contributed by atoms with E-state index in [1.54, 1.807) is 4.90 Å². The van der Waals surface area contributed by atoms with Crippen LogP contribution in [0.4, 0.5) is 0 Å². The number of hydrogen-bond acceptors (Lipinski definition) is 2. The molecule has 5 heteroatoms. The molecule has 0 saturated heterocycles. The molecule has 0 radical (unpaired) electrons. The highest BCUT2D eigenvalue weighted by Gasteiger charge is 2.19. The largest absolute Gasteiger partial charge is 0.358 e. The minimum absolute atomic E-state index is 0.123. The van der Waals surface area contributed by atoms with Gasteiger partial charge in [0.2, 0.25) is 5.91 Å². The Hall–Kier alpha value is -2.56. The van der Waals surface area contributed by atoms with Crippen LogP contribution in [0.3, 0.4) is 0 Å². The van der Waals surface area contributed by atoms with Crippen molar-refractivity contribution in [3.05, 3.63) is 51.5 Å². The normalized spacial score (nSPS) is 11.3. The van der Waals surface area contributed by atoms with E-state index in [1.807, 2.05) is 32.6 Å². The molecule has 26 heavy (non-hydrogen) atoms. The molecule has 3 aromatic rings. The molecule has 0 spiro atoms. The Kier molecular flexibility index (Phi) is 4.65. The topological polar surface area (TPSA) is 53.9 Å². The number of carbonyl (C=O) groups is 1. The van der Waals surface area contributed by atoms with Gasteiger partial charge in [0.05, 0.1) is 12.1 Å². The molecule has 3 rings (SSSR count). The van der Waals surface area contributed by atoms with Crippen LogP contribution in [0.25, 0.3) is 10.9 Å². The number of amides is 1. The summed E-state index contributed by atoms with van der Waals surface area (Å²) in [7, 11) is 3.81.